The van der Waals surface area contributed by atoms with Crippen LogP contribution in [0.4, 0.5) is 13.2 Å². The molecule has 0 amide bonds. The van der Waals surface area contributed by atoms with Crippen LogP contribution in [-0.4, -0.2) is 12.5 Å². The predicted octanol–water partition coefficient (Wildman–Crippen LogP) is 1.69. The normalized spacial score (nSPS) is 23.9. The van der Waals surface area contributed by atoms with Crippen LogP contribution in [0.15, 0.2) is 23.9 Å². The second-order valence-corrected chi connectivity index (χ2v) is 2.43. The second-order valence-electron chi connectivity index (χ2n) is 2.43. The molecular formula is C7H8F3NO. The van der Waals surface area contributed by atoms with E-state index in [2.05, 4.69) is 4.74 Å². The highest BCUT2D eigenvalue weighted by molar-refractivity contribution is 5.18. The molecule has 0 saturated heterocycles. The Morgan fingerprint density at radius 1 is 1.50 bits per heavy atom. The van der Waals surface area contributed by atoms with Crippen LogP contribution in [0.25, 0.3) is 0 Å². The smallest absolute Gasteiger partial charge is 0.402 e. The molecule has 1 unspecified atom stereocenters. The second kappa shape index (κ2) is 3.18. The quantitative estimate of drug-likeness (QED) is 0.664. The van der Waals surface area contributed by atoms with Gasteiger partial charge in [0.1, 0.15) is 0 Å². The van der Waals surface area contributed by atoms with Crippen LogP contribution in [0.3, 0.4) is 0 Å². The third kappa shape index (κ3) is 2.96. The Bertz CT molecular complexity index is 219. The highest BCUT2D eigenvalue weighted by atomic mass is 19.4. The van der Waals surface area contributed by atoms with E-state index in [1.165, 1.54) is 12.2 Å². The van der Waals surface area contributed by atoms with Crippen molar-refractivity contribution >= 4 is 0 Å². The average Bonchev–Trinajstić information content (AvgIpc) is 1.82. The molecule has 1 aliphatic carbocycles. The molecule has 0 aromatic carbocycles. The van der Waals surface area contributed by atoms with Gasteiger partial charge in [0.15, 0.2) is 0 Å². The Morgan fingerprint density at radius 2 is 2.17 bits per heavy atom. The minimum absolute atomic E-state index is 0.0933. The third-order valence-electron chi connectivity index (χ3n) is 1.36. The molecule has 68 valence electrons. The van der Waals surface area contributed by atoms with Crippen molar-refractivity contribution in [2.24, 2.45) is 5.73 Å². The standard InChI is InChI=1S/C7H8F3NO/c8-7(9,10)12-6-3-1-2-5(11)4-6/h1-3,6H,4,11H2. The zero-order valence-electron chi connectivity index (χ0n) is 6.14. The summed E-state index contributed by atoms with van der Waals surface area (Å²) in [7, 11) is 0. The lowest BCUT2D eigenvalue weighted by molar-refractivity contribution is -0.336. The molecule has 1 atom stereocenters. The monoisotopic (exact) mass is 179 g/mol. The molecule has 0 radical (unpaired) electrons. The average molecular weight is 179 g/mol. The summed E-state index contributed by atoms with van der Waals surface area (Å²) >= 11 is 0. The number of ether oxygens (including phenoxy) is 1. The first-order valence-corrected chi connectivity index (χ1v) is 3.35. The Kier molecular flexibility index (Phi) is 2.42. The lowest BCUT2D eigenvalue weighted by atomic mass is 10.1. The Balaban J connectivity index is 2.47. The molecule has 12 heavy (non-hydrogen) atoms. The lowest BCUT2D eigenvalue weighted by Gasteiger charge is -2.18. The summed E-state index contributed by atoms with van der Waals surface area (Å²) in [6.07, 6.45) is -1.15. The SMILES string of the molecule is NC1=CC=CC(OC(F)(F)F)C1. The van der Waals surface area contributed by atoms with E-state index in [1.54, 1.807) is 6.08 Å². The van der Waals surface area contributed by atoms with E-state index in [1.807, 2.05) is 0 Å². The molecule has 2 nitrogen and oxygen atoms in total. The van der Waals surface area contributed by atoms with Gasteiger partial charge in [0, 0.05) is 12.1 Å². The van der Waals surface area contributed by atoms with Crippen molar-refractivity contribution in [3.8, 4) is 0 Å². The highest BCUT2D eigenvalue weighted by Gasteiger charge is 2.33. The van der Waals surface area contributed by atoms with Gasteiger partial charge in [-0.1, -0.05) is 12.2 Å². The molecule has 0 heterocycles. The third-order valence-corrected chi connectivity index (χ3v) is 1.36. The Labute approximate surface area is 67.5 Å². The molecule has 5 heteroatoms. The number of allylic oxidation sites excluding steroid dienone is 2. The van der Waals surface area contributed by atoms with Crippen LogP contribution in [0.1, 0.15) is 6.42 Å². The van der Waals surface area contributed by atoms with Crippen LogP contribution in [0.5, 0.6) is 0 Å². The minimum atomic E-state index is -4.59. The summed E-state index contributed by atoms with van der Waals surface area (Å²) in [5.74, 6) is 0. The number of nitrogens with two attached hydrogens (primary N) is 1. The number of rotatable bonds is 1. The summed E-state index contributed by atoms with van der Waals surface area (Å²) in [6, 6.07) is 0. The first-order valence-electron chi connectivity index (χ1n) is 3.35. The van der Waals surface area contributed by atoms with Gasteiger partial charge in [-0.25, -0.2) is 0 Å². The molecule has 0 fully saturated rings. The molecule has 0 aliphatic heterocycles. The van der Waals surface area contributed by atoms with Gasteiger partial charge < -0.3 is 5.73 Å². The van der Waals surface area contributed by atoms with Crippen molar-refractivity contribution in [1.82, 2.24) is 0 Å². The lowest BCUT2D eigenvalue weighted by Crippen LogP contribution is -2.25. The summed E-state index contributed by atoms with van der Waals surface area (Å²) < 4.78 is 38.7. The van der Waals surface area contributed by atoms with E-state index in [-0.39, 0.29) is 6.42 Å². The summed E-state index contributed by atoms with van der Waals surface area (Å²) in [5, 5.41) is 0. The first-order chi connectivity index (χ1) is 5.47. The van der Waals surface area contributed by atoms with Crippen LogP contribution in [-0.2, 0) is 4.74 Å². The highest BCUT2D eigenvalue weighted by Crippen LogP contribution is 2.23. The summed E-state index contributed by atoms with van der Waals surface area (Å²) in [5.41, 5.74) is 5.70. The van der Waals surface area contributed by atoms with Gasteiger partial charge in [0.05, 0.1) is 6.10 Å². The Morgan fingerprint density at radius 3 is 2.67 bits per heavy atom. The largest absolute Gasteiger partial charge is 0.523 e. The van der Waals surface area contributed by atoms with Crippen LogP contribution in [0.2, 0.25) is 0 Å². The van der Waals surface area contributed by atoms with Gasteiger partial charge in [-0.3, -0.25) is 4.74 Å². The summed E-state index contributed by atoms with van der Waals surface area (Å²) in [6.45, 7) is 0. The van der Waals surface area contributed by atoms with Gasteiger partial charge in [-0.15, -0.1) is 13.2 Å². The number of hydrogen-bond acceptors (Lipinski definition) is 2. The van der Waals surface area contributed by atoms with Gasteiger partial charge in [-0.05, 0) is 6.08 Å². The molecular weight excluding hydrogens is 171 g/mol. The maximum atomic E-state index is 11.7. The fraction of sp³-hybridized carbons (Fsp3) is 0.429. The fourth-order valence-electron chi connectivity index (χ4n) is 0.924. The van der Waals surface area contributed by atoms with Crippen LogP contribution in [0, 0.1) is 0 Å². The van der Waals surface area contributed by atoms with E-state index in [0.717, 1.165) is 0 Å². The molecule has 0 spiro atoms. The number of halogens is 3. The van der Waals surface area contributed by atoms with E-state index < -0.39 is 12.5 Å². The number of hydrogen-bond donors (Lipinski definition) is 1. The predicted molar refractivity (Wildman–Crippen MR) is 37.0 cm³/mol. The van der Waals surface area contributed by atoms with Gasteiger partial charge in [0.25, 0.3) is 0 Å². The van der Waals surface area contributed by atoms with Crippen molar-refractivity contribution in [3.05, 3.63) is 23.9 Å². The maximum Gasteiger partial charge on any atom is 0.523 e. The van der Waals surface area contributed by atoms with Crippen molar-refractivity contribution in [1.29, 1.82) is 0 Å². The van der Waals surface area contributed by atoms with Crippen molar-refractivity contribution in [2.75, 3.05) is 0 Å². The molecule has 0 bridgehead atoms. The first kappa shape index (κ1) is 9.12. The number of alkyl halides is 3. The minimum Gasteiger partial charge on any atom is -0.402 e. The van der Waals surface area contributed by atoms with E-state index in [0.29, 0.717) is 5.70 Å². The maximum absolute atomic E-state index is 11.7. The Hall–Kier alpha value is -0.970. The van der Waals surface area contributed by atoms with E-state index >= 15 is 0 Å². The van der Waals surface area contributed by atoms with Gasteiger partial charge in [0.2, 0.25) is 0 Å². The van der Waals surface area contributed by atoms with E-state index in [9.17, 15) is 13.2 Å². The van der Waals surface area contributed by atoms with Gasteiger partial charge >= 0.3 is 6.36 Å². The molecule has 1 aliphatic rings. The van der Waals surface area contributed by atoms with Crippen molar-refractivity contribution in [3.63, 3.8) is 0 Å². The molecule has 1 rings (SSSR count). The topological polar surface area (TPSA) is 35.2 Å². The van der Waals surface area contributed by atoms with Crippen LogP contribution < -0.4 is 5.73 Å². The van der Waals surface area contributed by atoms with Crippen LogP contribution >= 0.6 is 0 Å². The van der Waals surface area contributed by atoms with E-state index in [4.69, 9.17) is 5.73 Å². The summed E-state index contributed by atoms with van der Waals surface area (Å²) in [4.78, 5) is 0. The zero-order chi connectivity index (χ0) is 9.19. The van der Waals surface area contributed by atoms with Crippen molar-refractivity contribution in [2.45, 2.75) is 18.9 Å². The zero-order valence-corrected chi connectivity index (χ0v) is 6.14. The molecule has 0 aromatic heterocycles. The molecule has 0 saturated carbocycles. The molecule has 0 aromatic rings. The fourth-order valence-corrected chi connectivity index (χ4v) is 0.924. The van der Waals surface area contributed by atoms with Gasteiger partial charge in [-0.2, -0.15) is 0 Å². The molecule has 2 N–H and O–H groups in total. The van der Waals surface area contributed by atoms with Crippen molar-refractivity contribution < 1.29 is 17.9 Å².